The average molecular weight is 417 g/mol. The van der Waals surface area contributed by atoms with Crippen molar-refractivity contribution in [2.75, 3.05) is 0 Å². The van der Waals surface area contributed by atoms with Gasteiger partial charge in [0, 0.05) is 12.8 Å². The molecule has 0 fully saturated rings. The molecule has 0 aromatic heterocycles. The Hall–Kier alpha value is -0.440. The maximum atomic E-state index is 3.93. The van der Waals surface area contributed by atoms with Crippen LogP contribution in [0.1, 0.15) is 161 Å². The summed E-state index contributed by atoms with van der Waals surface area (Å²) in [5.74, 6) is 7.71. The van der Waals surface area contributed by atoms with Gasteiger partial charge in [0.2, 0.25) is 0 Å². The Kier molecular flexibility index (Phi) is 26.2. The number of unbranched alkanes of at least 4 members (excludes halogenated alkanes) is 19. The fourth-order valence-corrected chi connectivity index (χ4v) is 4.21. The lowest BCUT2D eigenvalue weighted by Gasteiger charge is -2.10. The summed E-state index contributed by atoms with van der Waals surface area (Å²) in [6, 6.07) is 0. The van der Waals surface area contributed by atoms with E-state index >= 15 is 0 Å². The molecule has 0 saturated heterocycles. The molecule has 0 saturated carbocycles. The van der Waals surface area contributed by atoms with E-state index < -0.39 is 0 Å². The zero-order valence-corrected chi connectivity index (χ0v) is 21.0. The number of hydrogen-bond donors (Lipinski definition) is 0. The molecule has 2 radical (unpaired) electrons. The van der Waals surface area contributed by atoms with Crippen molar-refractivity contribution in [2.45, 2.75) is 161 Å². The number of hydrogen-bond acceptors (Lipinski definition) is 0. The van der Waals surface area contributed by atoms with E-state index in [1.54, 1.807) is 0 Å². The summed E-state index contributed by atoms with van der Waals surface area (Å²) in [5.41, 5.74) is 0. The van der Waals surface area contributed by atoms with E-state index in [4.69, 9.17) is 0 Å². The monoisotopic (exact) mass is 416 g/mol. The Morgan fingerprint density at radius 3 is 1.13 bits per heavy atom. The molecule has 0 rings (SSSR count). The van der Waals surface area contributed by atoms with Crippen molar-refractivity contribution in [1.82, 2.24) is 0 Å². The third kappa shape index (κ3) is 25.6. The zero-order valence-electron chi connectivity index (χ0n) is 21.0. The smallest absolute Gasteiger partial charge is 0.00886 e. The van der Waals surface area contributed by atoms with Crippen LogP contribution >= 0.6 is 0 Å². The first-order valence-electron chi connectivity index (χ1n) is 13.9. The molecular weight excluding hydrogens is 360 g/mol. The maximum Gasteiger partial charge on any atom is 0.00886 e. The Morgan fingerprint density at radius 1 is 0.433 bits per heavy atom. The minimum atomic E-state index is 0.937. The van der Waals surface area contributed by atoms with Crippen molar-refractivity contribution in [3.63, 3.8) is 0 Å². The molecule has 0 nitrogen and oxygen atoms in total. The first-order valence-corrected chi connectivity index (χ1v) is 13.9. The van der Waals surface area contributed by atoms with Gasteiger partial charge in [-0.1, -0.05) is 149 Å². The number of rotatable bonds is 23. The molecule has 0 aliphatic heterocycles. The second kappa shape index (κ2) is 26.6. The predicted molar refractivity (Wildman–Crippen MR) is 138 cm³/mol. The summed E-state index contributed by atoms with van der Waals surface area (Å²) in [6.45, 7) is 10.3. The van der Waals surface area contributed by atoms with Gasteiger partial charge >= 0.3 is 0 Å². The van der Waals surface area contributed by atoms with Crippen LogP contribution in [0.3, 0.4) is 0 Å². The van der Waals surface area contributed by atoms with Gasteiger partial charge in [-0.25, -0.2) is 0 Å². The Balaban J connectivity index is 3.16. The highest BCUT2D eigenvalue weighted by molar-refractivity contribution is 4.98. The van der Waals surface area contributed by atoms with Gasteiger partial charge in [0.15, 0.2) is 0 Å². The van der Waals surface area contributed by atoms with Gasteiger partial charge in [0.25, 0.3) is 0 Å². The standard InChI is InChI=1S/C30H56/c1-4-6-8-10-11-12-13-14-15-16-17-18-19-20-21-22-23-24-25-27-29-30(3)28-26-9-7-5-2/h30H,1-2,4-14,17-29H2,3H3. The molecule has 0 spiro atoms. The topological polar surface area (TPSA) is 0 Å². The summed E-state index contributed by atoms with van der Waals surface area (Å²) in [6.07, 6.45) is 32.4. The second-order valence-corrected chi connectivity index (χ2v) is 9.61. The summed E-state index contributed by atoms with van der Waals surface area (Å²) in [5, 5.41) is 0. The molecule has 1 unspecified atom stereocenters. The van der Waals surface area contributed by atoms with Crippen LogP contribution < -0.4 is 0 Å². The zero-order chi connectivity index (χ0) is 22.0. The van der Waals surface area contributed by atoms with Gasteiger partial charge in [0.05, 0.1) is 0 Å². The van der Waals surface area contributed by atoms with Crippen molar-refractivity contribution < 1.29 is 0 Å². The third-order valence-electron chi connectivity index (χ3n) is 6.37. The molecule has 0 aliphatic rings. The maximum absolute atomic E-state index is 3.93. The van der Waals surface area contributed by atoms with Crippen molar-refractivity contribution in [3.8, 4) is 11.8 Å². The van der Waals surface area contributed by atoms with Crippen LogP contribution in [0.15, 0.2) is 0 Å². The molecule has 0 bridgehead atoms. The quantitative estimate of drug-likeness (QED) is 0.115. The summed E-state index contributed by atoms with van der Waals surface area (Å²) in [7, 11) is 0. The van der Waals surface area contributed by atoms with E-state index in [2.05, 4.69) is 32.6 Å². The predicted octanol–water partition coefficient (Wildman–Crippen LogP) is 10.7. The first kappa shape index (κ1) is 29.6. The van der Waals surface area contributed by atoms with Crippen LogP contribution in [-0.4, -0.2) is 0 Å². The normalized spacial score (nSPS) is 12.0. The van der Waals surface area contributed by atoms with Crippen LogP contribution in [0.2, 0.25) is 0 Å². The van der Waals surface area contributed by atoms with E-state index in [1.807, 2.05) is 0 Å². The summed E-state index contributed by atoms with van der Waals surface area (Å²) < 4.78 is 0. The van der Waals surface area contributed by atoms with Gasteiger partial charge in [-0.15, -0.1) is 11.8 Å². The van der Waals surface area contributed by atoms with Crippen molar-refractivity contribution >= 4 is 0 Å². The van der Waals surface area contributed by atoms with Crippen molar-refractivity contribution in [3.05, 3.63) is 13.8 Å². The highest BCUT2D eigenvalue weighted by Gasteiger charge is 2.01. The molecule has 1 atom stereocenters. The van der Waals surface area contributed by atoms with Crippen LogP contribution in [0.25, 0.3) is 0 Å². The molecule has 0 amide bonds. The first-order chi connectivity index (χ1) is 14.8. The third-order valence-corrected chi connectivity index (χ3v) is 6.37. The fraction of sp³-hybridized carbons (Fsp3) is 0.867. The molecule has 0 aromatic carbocycles. The van der Waals surface area contributed by atoms with Crippen LogP contribution in [0.5, 0.6) is 0 Å². The lowest BCUT2D eigenvalue weighted by Crippen LogP contribution is -1.95. The Bertz CT molecular complexity index is 358. The van der Waals surface area contributed by atoms with E-state index in [-0.39, 0.29) is 0 Å². The van der Waals surface area contributed by atoms with Gasteiger partial charge < -0.3 is 0 Å². The molecule has 0 N–H and O–H groups in total. The minimum absolute atomic E-state index is 0.937. The van der Waals surface area contributed by atoms with Crippen LogP contribution in [0, 0.1) is 31.6 Å². The molecule has 0 heteroatoms. The minimum Gasteiger partial charge on any atom is -0.103 e. The summed E-state index contributed by atoms with van der Waals surface area (Å²) >= 11 is 0. The fourth-order valence-electron chi connectivity index (χ4n) is 4.21. The molecule has 0 aliphatic carbocycles. The van der Waals surface area contributed by atoms with E-state index in [0.717, 1.165) is 31.6 Å². The Morgan fingerprint density at radius 2 is 0.733 bits per heavy atom. The van der Waals surface area contributed by atoms with E-state index in [0.29, 0.717) is 0 Å². The molecule has 30 heavy (non-hydrogen) atoms. The van der Waals surface area contributed by atoms with Gasteiger partial charge in [0.1, 0.15) is 0 Å². The SMILES string of the molecule is [CH2]CCCCCCCCC#CCCCCCCCCCCCC(C)CCCCC[CH2]. The molecule has 0 heterocycles. The van der Waals surface area contributed by atoms with Gasteiger partial charge in [-0.2, -0.15) is 0 Å². The second-order valence-electron chi connectivity index (χ2n) is 9.61. The van der Waals surface area contributed by atoms with E-state index in [9.17, 15) is 0 Å². The summed E-state index contributed by atoms with van der Waals surface area (Å²) in [4.78, 5) is 0. The van der Waals surface area contributed by atoms with Crippen molar-refractivity contribution in [1.29, 1.82) is 0 Å². The highest BCUT2D eigenvalue weighted by Crippen LogP contribution is 2.18. The molecule has 0 aromatic rings. The van der Waals surface area contributed by atoms with Crippen LogP contribution in [0.4, 0.5) is 0 Å². The van der Waals surface area contributed by atoms with E-state index in [1.165, 1.54) is 128 Å². The molecule has 176 valence electrons. The van der Waals surface area contributed by atoms with Gasteiger partial charge in [-0.05, 0) is 18.8 Å². The molecular formula is C30H56. The van der Waals surface area contributed by atoms with Gasteiger partial charge in [-0.3, -0.25) is 0 Å². The van der Waals surface area contributed by atoms with Crippen LogP contribution in [-0.2, 0) is 0 Å². The average Bonchev–Trinajstić information content (AvgIpc) is 2.75. The van der Waals surface area contributed by atoms with Crippen molar-refractivity contribution in [2.24, 2.45) is 5.92 Å². The lowest BCUT2D eigenvalue weighted by atomic mass is 9.96. The Labute approximate surface area is 192 Å². The lowest BCUT2D eigenvalue weighted by molar-refractivity contribution is 0.434. The largest absolute Gasteiger partial charge is 0.103 e. The highest BCUT2D eigenvalue weighted by atomic mass is 14.1.